The number of carbonyl (C=O) groups excluding carboxylic acids is 1. The molecule has 0 aromatic heterocycles. The first-order chi connectivity index (χ1) is 8.90. The molecule has 0 heterocycles. The quantitative estimate of drug-likeness (QED) is 0.578. The molecule has 0 saturated heterocycles. The fraction of sp³-hybridized carbons (Fsp3) is 0.786. The first-order valence-electron chi connectivity index (χ1n) is 6.65. The minimum Gasteiger partial charge on any atom is -0.444 e. The molecule has 1 aliphatic rings. The molecule has 0 radical (unpaired) electrons. The zero-order chi connectivity index (χ0) is 14.3. The molecule has 0 bridgehead atoms. The molecule has 4 nitrogen and oxygen atoms in total. The number of hydrogen-bond acceptors (Lipinski definition) is 4. The summed E-state index contributed by atoms with van der Waals surface area (Å²) in [5, 5.41) is 6.33. The number of carbonyl (C=O) groups is 1. The van der Waals surface area contributed by atoms with Crippen LogP contribution in [0.3, 0.4) is 0 Å². The second kappa shape index (κ2) is 7.66. The summed E-state index contributed by atoms with van der Waals surface area (Å²) in [5.41, 5.74) is -0.431. The van der Waals surface area contributed by atoms with E-state index in [2.05, 4.69) is 16.6 Å². The Kier molecular flexibility index (Phi) is 6.53. The van der Waals surface area contributed by atoms with Crippen LogP contribution in [0.4, 0.5) is 4.79 Å². The van der Waals surface area contributed by atoms with Gasteiger partial charge in [0.2, 0.25) is 0 Å². The van der Waals surface area contributed by atoms with Gasteiger partial charge < -0.3 is 15.4 Å². The molecular weight excluding hydrogens is 260 g/mol. The zero-order valence-corrected chi connectivity index (χ0v) is 12.8. The second-order valence-electron chi connectivity index (χ2n) is 5.72. The summed E-state index contributed by atoms with van der Waals surface area (Å²) in [4.78, 5) is 11.5. The number of thioether (sulfide) groups is 1. The van der Waals surface area contributed by atoms with Crippen LogP contribution in [-0.2, 0) is 4.74 Å². The smallest absolute Gasteiger partial charge is 0.407 e. The number of alkyl carbamates (subject to hydrolysis) is 1. The molecular formula is C14H24N2O2S. The molecule has 19 heavy (non-hydrogen) atoms. The van der Waals surface area contributed by atoms with Crippen molar-refractivity contribution >= 4 is 17.9 Å². The molecule has 1 fully saturated rings. The number of ether oxygens (including phenoxy) is 1. The van der Waals surface area contributed by atoms with Crippen molar-refractivity contribution < 1.29 is 9.53 Å². The minimum atomic E-state index is -0.431. The van der Waals surface area contributed by atoms with Gasteiger partial charge in [0.15, 0.2) is 0 Å². The predicted molar refractivity (Wildman–Crippen MR) is 80.3 cm³/mol. The summed E-state index contributed by atoms with van der Waals surface area (Å²) in [6.45, 7) is 6.57. The molecule has 1 rings (SSSR count). The number of terminal acetylenes is 1. The monoisotopic (exact) mass is 284 g/mol. The molecule has 1 aliphatic carbocycles. The summed E-state index contributed by atoms with van der Waals surface area (Å²) in [5.74, 6) is 4.41. The zero-order valence-electron chi connectivity index (χ0n) is 12.0. The molecule has 0 aromatic carbocycles. The van der Waals surface area contributed by atoms with E-state index in [0.29, 0.717) is 6.04 Å². The lowest BCUT2D eigenvalue weighted by Crippen LogP contribution is -2.53. The van der Waals surface area contributed by atoms with Gasteiger partial charge in [-0.15, -0.1) is 18.2 Å². The van der Waals surface area contributed by atoms with E-state index < -0.39 is 5.60 Å². The van der Waals surface area contributed by atoms with E-state index >= 15 is 0 Å². The first kappa shape index (κ1) is 16.2. The molecule has 0 aliphatic heterocycles. The van der Waals surface area contributed by atoms with Crippen LogP contribution in [-0.4, -0.2) is 41.8 Å². The van der Waals surface area contributed by atoms with E-state index in [-0.39, 0.29) is 12.1 Å². The lowest BCUT2D eigenvalue weighted by molar-refractivity contribution is 0.0466. The summed E-state index contributed by atoms with van der Waals surface area (Å²) < 4.78 is 5.21. The number of hydrogen-bond donors (Lipinski definition) is 2. The Bertz CT molecular complexity index is 327. The lowest BCUT2D eigenvalue weighted by Gasteiger charge is -2.36. The highest BCUT2D eigenvalue weighted by molar-refractivity contribution is 7.99. The maximum absolute atomic E-state index is 11.5. The largest absolute Gasteiger partial charge is 0.444 e. The van der Waals surface area contributed by atoms with Crippen molar-refractivity contribution in [2.45, 2.75) is 51.3 Å². The fourth-order valence-corrected chi connectivity index (χ4v) is 2.37. The highest BCUT2D eigenvalue weighted by atomic mass is 32.2. The normalized spacial score (nSPS) is 22.2. The van der Waals surface area contributed by atoms with Crippen LogP contribution in [0.15, 0.2) is 0 Å². The molecule has 108 valence electrons. The van der Waals surface area contributed by atoms with E-state index in [9.17, 15) is 4.79 Å². The highest BCUT2D eigenvalue weighted by Gasteiger charge is 2.30. The van der Waals surface area contributed by atoms with Gasteiger partial charge >= 0.3 is 6.09 Å². The second-order valence-corrected chi connectivity index (χ2v) is 6.83. The molecule has 1 saturated carbocycles. The van der Waals surface area contributed by atoms with Gasteiger partial charge in [0.05, 0.1) is 5.75 Å². The van der Waals surface area contributed by atoms with E-state index in [1.165, 1.54) is 0 Å². The third kappa shape index (κ3) is 7.34. The molecule has 1 amide bonds. The maximum atomic E-state index is 11.5. The predicted octanol–water partition coefficient (Wildman–Crippen LogP) is 2.00. The maximum Gasteiger partial charge on any atom is 0.407 e. The average Bonchev–Trinajstić information content (AvgIpc) is 2.22. The van der Waals surface area contributed by atoms with Crippen molar-refractivity contribution in [1.82, 2.24) is 10.6 Å². The molecule has 0 aromatic rings. The standard InChI is InChI=1S/C14H24N2O2S/c1-5-7-19-8-6-15-11-9-12(10-11)16-13(17)18-14(2,3)4/h1,11-12,15H,6-10H2,2-4H3,(H,16,17). The van der Waals surface area contributed by atoms with E-state index in [1.54, 1.807) is 11.8 Å². The van der Waals surface area contributed by atoms with Gasteiger partial charge in [-0.25, -0.2) is 4.79 Å². The van der Waals surface area contributed by atoms with Crippen molar-refractivity contribution in [3.05, 3.63) is 0 Å². The third-order valence-corrected chi connectivity index (χ3v) is 3.59. The Morgan fingerprint density at radius 3 is 2.68 bits per heavy atom. The minimum absolute atomic E-state index is 0.241. The number of nitrogens with one attached hydrogen (secondary N) is 2. The van der Waals surface area contributed by atoms with Crippen molar-refractivity contribution in [2.24, 2.45) is 0 Å². The molecule has 2 N–H and O–H groups in total. The van der Waals surface area contributed by atoms with Gasteiger partial charge in [0.1, 0.15) is 5.60 Å². The summed E-state index contributed by atoms with van der Waals surface area (Å²) in [6.07, 6.45) is 6.80. The Morgan fingerprint density at radius 1 is 1.42 bits per heavy atom. The van der Waals surface area contributed by atoms with Crippen LogP contribution in [0.1, 0.15) is 33.6 Å². The van der Waals surface area contributed by atoms with Gasteiger partial charge in [-0.2, -0.15) is 0 Å². The van der Waals surface area contributed by atoms with Crippen LogP contribution in [0, 0.1) is 12.3 Å². The summed E-state index contributed by atoms with van der Waals surface area (Å²) >= 11 is 1.76. The SMILES string of the molecule is C#CCSCCNC1CC(NC(=O)OC(C)(C)C)C1. The summed E-state index contributed by atoms with van der Waals surface area (Å²) in [6, 6.07) is 0.747. The van der Waals surface area contributed by atoms with Crippen LogP contribution in [0.2, 0.25) is 0 Å². The van der Waals surface area contributed by atoms with Crippen LogP contribution < -0.4 is 10.6 Å². The van der Waals surface area contributed by atoms with Gasteiger partial charge in [0.25, 0.3) is 0 Å². The van der Waals surface area contributed by atoms with Gasteiger partial charge in [-0.05, 0) is 33.6 Å². The highest BCUT2D eigenvalue weighted by Crippen LogP contribution is 2.20. The summed E-state index contributed by atoms with van der Waals surface area (Å²) in [7, 11) is 0. The van der Waals surface area contributed by atoms with Crippen molar-refractivity contribution in [1.29, 1.82) is 0 Å². The molecule has 0 unspecified atom stereocenters. The van der Waals surface area contributed by atoms with Crippen molar-refractivity contribution in [3.8, 4) is 12.3 Å². The topological polar surface area (TPSA) is 50.4 Å². The van der Waals surface area contributed by atoms with E-state index in [0.717, 1.165) is 30.9 Å². The average molecular weight is 284 g/mol. The third-order valence-electron chi connectivity index (χ3n) is 2.72. The molecule has 0 spiro atoms. The van der Waals surface area contributed by atoms with Gasteiger partial charge in [-0.1, -0.05) is 5.92 Å². The molecule has 0 atom stereocenters. The Morgan fingerprint density at radius 2 is 2.11 bits per heavy atom. The molecule has 5 heteroatoms. The van der Waals surface area contributed by atoms with Crippen LogP contribution in [0.25, 0.3) is 0 Å². The first-order valence-corrected chi connectivity index (χ1v) is 7.80. The number of rotatable bonds is 6. The Labute approximate surface area is 120 Å². The van der Waals surface area contributed by atoms with Gasteiger partial charge in [-0.3, -0.25) is 0 Å². The van der Waals surface area contributed by atoms with E-state index in [1.807, 2.05) is 20.8 Å². The fourth-order valence-electron chi connectivity index (χ4n) is 1.84. The Balaban J connectivity index is 2.01. The number of amides is 1. The van der Waals surface area contributed by atoms with E-state index in [4.69, 9.17) is 11.2 Å². The van der Waals surface area contributed by atoms with Crippen LogP contribution >= 0.6 is 11.8 Å². The Hall–Kier alpha value is -0.860. The van der Waals surface area contributed by atoms with Crippen LogP contribution in [0.5, 0.6) is 0 Å². The van der Waals surface area contributed by atoms with Crippen molar-refractivity contribution in [2.75, 3.05) is 18.1 Å². The van der Waals surface area contributed by atoms with Gasteiger partial charge in [0, 0.05) is 24.4 Å². The van der Waals surface area contributed by atoms with Crippen molar-refractivity contribution in [3.63, 3.8) is 0 Å². The lowest BCUT2D eigenvalue weighted by atomic mass is 9.87.